The van der Waals surface area contributed by atoms with Crippen LogP contribution in [0.2, 0.25) is 0 Å². The number of benzene rings is 3. The molecule has 0 bridgehead atoms. The van der Waals surface area contributed by atoms with Crippen LogP contribution in [0.4, 0.5) is 4.79 Å². The normalized spacial score (nSPS) is 15.8. The summed E-state index contributed by atoms with van der Waals surface area (Å²) in [5.41, 5.74) is 2.49. The molecule has 10 nitrogen and oxygen atoms in total. The molecule has 0 radical (unpaired) electrons. The molecule has 0 fully saturated rings. The molecule has 1 N–H and O–H groups in total. The van der Waals surface area contributed by atoms with Crippen molar-refractivity contribution in [2.24, 2.45) is 5.41 Å². The fourth-order valence-corrected chi connectivity index (χ4v) is 6.01. The van der Waals surface area contributed by atoms with Gasteiger partial charge in [0.15, 0.2) is 0 Å². The molecule has 1 aliphatic heterocycles. The highest BCUT2D eigenvalue weighted by molar-refractivity contribution is 5.93. The van der Waals surface area contributed by atoms with Gasteiger partial charge in [0.1, 0.15) is 17.7 Å². The molecule has 1 heterocycles. The molecular weight excluding hydrogens is 622 g/mol. The van der Waals surface area contributed by atoms with Gasteiger partial charge in [-0.1, -0.05) is 87.5 Å². The third kappa shape index (κ3) is 9.47. The lowest BCUT2D eigenvalue weighted by Crippen LogP contribution is -2.61. The Morgan fingerprint density at radius 2 is 1.47 bits per heavy atom. The van der Waals surface area contributed by atoms with E-state index in [0.717, 1.165) is 22.3 Å². The van der Waals surface area contributed by atoms with Gasteiger partial charge in [-0.2, -0.15) is 0 Å². The second kappa shape index (κ2) is 15.7. The number of methoxy groups -OCH3 is 2. The van der Waals surface area contributed by atoms with Gasteiger partial charge in [0, 0.05) is 26.6 Å². The smallest absolute Gasteiger partial charge is 0.408 e. The van der Waals surface area contributed by atoms with E-state index < -0.39 is 41.2 Å². The topological polar surface area (TPSA) is 114 Å². The van der Waals surface area contributed by atoms with Crippen molar-refractivity contribution >= 4 is 23.9 Å². The number of fused-ring (bicyclic) bond motifs is 1. The van der Waals surface area contributed by atoms with Crippen LogP contribution in [0.15, 0.2) is 78.9 Å². The first-order valence-corrected chi connectivity index (χ1v) is 16.5. The summed E-state index contributed by atoms with van der Waals surface area (Å²) >= 11 is 0. The quantitative estimate of drug-likeness (QED) is 0.260. The second-order valence-corrected chi connectivity index (χ2v) is 14.4. The summed E-state index contributed by atoms with van der Waals surface area (Å²) in [5.74, 6) is -1.10. The van der Waals surface area contributed by atoms with Gasteiger partial charge in [-0.3, -0.25) is 9.59 Å². The van der Waals surface area contributed by atoms with E-state index in [1.807, 2.05) is 75.4 Å². The minimum Gasteiger partial charge on any atom is -0.465 e. The van der Waals surface area contributed by atoms with Crippen molar-refractivity contribution in [2.45, 2.75) is 84.8 Å². The molecule has 0 aliphatic carbocycles. The maximum Gasteiger partial charge on any atom is 0.408 e. The lowest BCUT2D eigenvalue weighted by Gasteiger charge is -2.43. The Morgan fingerprint density at radius 1 is 0.857 bits per heavy atom. The highest BCUT2D eigenvalue weighted by atomic mass is 16.6. The van der Waals surface area contributed by atoms with Crippen molar-refractivity contribution in [1.82, 2.24) is 15.1 Å². The number of hydrogen-bond acceptors (Lipinski definition) is 7. The predicted octanol–water partition coefficient (Wildman–Crippen LogP) is 6.08. The van der Waals surface area contributed by atoms with Gasteiger partial charge < -0.3 is 29.3 Å². The molecule has 2 unspecified atom stereocenters. The van der Waals surface area contributed by atoms with Gasteiger partial charge in [0.25, 0.3) is 0 Å². The first kappa shape index (κ1) is 37.1. The molecule has 49 heavy (non-hydrogen) atoms. The molecule has 3 aromatic carbocycles. The first-order chi connectivity index (χ1) is 23.1. The standard InChI is InChI=1S/C39H49N3O7/c1-38(2,3)33(40-37(46)49-39(4,5)6)35(44)42-24-30-17-13-12-16-29(30)22-31(42)34(43)41(32(25-47-7)27-14-10-9-11-15-27)23-26-18-20-28(21-19-26)36(45)48-8/h9-21,31-33H,22-25H2,1-8H3,(H,40,46)/t31?,32-,33?/m0/s1. The van der Waals surface area contributed by atoms with E-state index in [0.29, 0.717) is 5.56 Å². The Balaban J connectivity index is 1.79. The Kier molecular flexibility index (Phi) is 11.9. The second-order valence-electron chi connectivity index (χ2n) is 14.4. The molecular formula is C39H49N3O7. The van der Waals surface area contributed by atoms with Crippen LogP contribution in [0, 0.1) is 5.41 Å². The van der Waals surface area contributed by atoms with Crippen LogP contribution in [0.25, 0.3) is 0 Å². The third-order valence-electron chi connectivity index (χ3n) is 8.49. The summed E-state index contributed by atoms with van der Waals surface area (Å²) in [7, 11) is 2.92. The minimum absolute atomic E-state index is 0.183. The number of hydrogen-bond donors (Lipinski definition) is 1. The highest BCUT2D eigenvalue weighted by Gasteiger charge is 2.44. The third-order valence-corrected chi connectivity index (χ3v) is 8.49. The molecule has 3 aromatic rings. The van der Waals surface area contributed by atoms with Crippen LogP contribution in [-0.2, 0) is 43.3 Å². The molecule has 10 heteroatoms. The first-order valence-electron chi connectivity index (χ1n) is 16.5. The van der Waals surface area contributed by atoms with Crippen LogP contribution in [-0.4, -0.2) is 72.2 Å². The maximum atomic E-state index is 15.1. The van der Waals surface area contributed by atoms with Crippen molar-refractivity contribution in [3.63, 3.8) is 0 Å². The van der Waals surface area contributed by atoms with Crippen molar-refractivity contribution < 1.29 is 33.4 Å². The Labute approximate surface area is 289 Å². The Hall–Kier alpha value is -4.70. The van der Waals surface area contributed by atoms with E-state index in [1.165, 1.54) is 7.11 Å². The zero-order valence-corrected chi connectivity index (χ0v) is 29.8. The number of carbonyl (C=O) groups is 4. The van der Waals surface area contributed by atoms with Crippen molar-refractivity contribution in [2.75, 3.05) is 20.8 Å². The number of rotatable bonds is 10. The van der Waals surface area contributed by atoms with Gasteiger partial charge >= 0.3 is 12.1 Å². The number of nitrogens with zero attached hydrogens (tertiary/aromatic N) is 2. The number of amides is 3. The maximum absolute atomic E-state index is 15.1. The number of alkyl carbamates (subject to hydrolysis) is 1. The molecule has 0 spiro atoms. The van der Waals surface area contributed by atoms with Gasteiger partial charge in [-0.25, -0.2) is 9.59 Å². The monoisotopic (exact) mass is 671 g/mol. The summed E-state index contributed by atoms with van der Waals surface area (Å²) in [6.07, 6.45) is -0.418. The summed E-state index contributed by atoms with van der Waals surface area (Å²) in [6, 6.07) is 22.0. The fraction of sp³-hybridized carbons (Fsp3) is 0.436. The van der Waals surface area contributed by atoms with Crippen molar-refractivity contribution in [3.8, 4) is 0 Å². The van der Waals surface area contributed by atoms with Gasteiger partial charge in [-0.15, -0.1) is 0 Å². The van der Waals surface area contributed by atoms with E-state index in [2.05, 4.69) is 5.32 Å². The average molecular weight is 672 g/mol. The van der Waals surface area contributed by atoms with Crippen molar-refractivity contribution in [1.29, 1.82) is 0 Å². The van der Waals surface area contributed by atoms with Crippen LogP contribution in [0.1, 0.15) is 80.2 Å². The number of ether oxygens (including phenoxy) is 3. The van der Waals surface area contributed by atoms with E-state index in [9.17, 15) is 14.4 Å². The average Bonchev–Trinajstić information content (AvgIpc) is 3.06. The summed E-state index contributed by atoms with van der Waals surface area (Å²) in [6.45, 7) is 11.5. The van der Waals surface area contributed by atoms with Crippen LogP contribution >= 0.6 is 0 Å². The molecule has 4 rings (SSSR count). The Morgan fingerprint density at radius 3 is 2.04 bits per heavy atom. The summed E-state index contributed by atoms with van der Waals surface area (Å²) < 4.78 is 16.1. The minimum atomic E-state index is -0.980. The van der Waals surface area contributed by atoms with E-state index >= 15 is 4.79 Å². The van der Waals surface area contributed by atoms with E-state index in [1.54, 1.807) is 61.9 Å². The van der Waals surface area contributed by atoms with E-state index in [4.69, 9.17) is 14.2 Å². The molecule has 3 amide bonds. The lowest BCUT2D eigenvalue weighted by molar-refractivity contribution is -0.152. The number of carbonyl (C=O) groups excluding carboxylic acids is 4. The number of esters is 1. The van der Waals surface area contributed by atoms with Crippen LogP contribution < -0.4 is 5.32 Å². The highest BCUT2D eigenvalue weighted by Crippen LogP contribution is 2.32. The molecule has 262 valence electrons. The largest absolute Gasteiger partial charge is 0.465 e. The van der Waals surface area contributed by atoms with Crippen LogP contribution in [0.3, 0.4) is 0 Å². The van der Waals surface area contributed by atoms with Gasteiger partial charge in [0.2, 0.25) is 11.8 Å². The number of nitrogens with one attached hydrogen (secondary N) is 1. The SMILES string of the molecule is COC[C@@H](c1ccccc1)N(Cc1ccc(C(=O)OC)cc1)C(=O)C1Cc2ccccc2CN1C(=O)C(NC(=O)OC(C)(C)C)C(C)(C)C. The molecule has 0 saturated carbocycles. The molecule has 0 aromatic heterocycles. The summed E-state index contributed by atoms with van der Waals surface area (Å²) in [5, 5.41) is 2.82. The molecule has 1 aliphatic rings. The lowest BCUT2D eigenvalue weighted by atomic mass is 9.84. The zero-order valence-electron chi connectivity index (χ0n) is 29.8. The van der Waals surface area contributed by atoms with Crippen LogP contribution in [0.5, 0.6) is 0 Å². The molecule has 0 saturated heterocycles. The predicted molar refractivity (Wildman–Crippen MR) is 186 cm³/mol. The molecule has 3 atom stereocenters. The zero-order chi connectivity index (χ0) is 35.9. The van der Waals surface area contributed by atoms with E-state index in [-0.39, 0.29) is 37.9 Å². The summed E-state index contributed by atoms with van der Waals surface area (Å²) in [4.78, 5) is 58.3. The van der Waals surface area contributed by atoms with Crippen molar-refractivity contribution in [3.05, 3.63) is 107 Å². The Bertz CT molecular complexity index is 1610. The van der Waals surface area contributed by atoms with Gasteiger partial charge in [-0.05, 0) is 60.6 Å². The fourth-order valence-electron chi connectivity index (χ4n) is 6.01. The van der Waals surface area contributed by atoms with Gasteiger partial charge in [0.05, 0.1) is 25.3 Å².